The fourth-order valence-electron chi connectivity index (χ4n) is 5.09. The molecule has 0 bridgehead atoms. The van der Waals surface area contributed by atoms with Gasteiger partial charge in [-0.25, -0.2) is 9.59 Å². The summed E-state index contributed by atoms with van der Waals surface area (Å²) >= 11 is 0. The molecular formula is C36H40N2O5. The summed E-state index contributed by atoms with van der Waals surface area (Å²) in [4.78, 5) is 40.9. The predicted octanol–water partition coefficient (Wildman–Crippen LogP) is 6.50. The molecule has 7 heteroatoms. The van der Waals surface area contributed by atoms with Crippen molar-refractivity contribution in [3.8, 4) is 0 Å². The number of nitrogens with zero attached hydrogens (tertiary/aromatic N) is 1. The Morgan fingerprint density at radius 3 is 2.05 bits per heavy atom. The van der Waals surface area contributed by atoms with Crippen LogP contribution in [0.2, 0.25) is 0 Å². The highest BCUT2D eigenvalue weighted by molar-refractivity contribution is 5.85. The second kappa shape index (κ2) is 15.5. The third-order valence-electron chi connectivity index (χ3n) is 7.35. The molecule has 2 N–H and O–H groups in total. The van der Waals surface area contributed by atoms with E-state index in [0.717, 1.165) is 27.5 Å². The molecule has 0 heterocycles. The lowest BCUT2D eigenvalue weighted by Gasteiger charge is -2.29. The number of carboxylic acid groups (broad SMARTS) is 1. The SMILES string of the molecule is CC(C)CN(CC(CCc1ccccc1)C(=O)O)C(=O)N[C@@H](Cc1ccc2ccccc2c1)C(=O)OCc1ccccc1. The van der Waals surface area contributed by atoms with Crippen LogP contribution in [0, 0.1) is 11.8 Å². The molecule has 2 amide bonds. The Bertz CT molecular complexity index is 1490. The average Bonchev–Trinajstić information content (AvgIpc) is 3.01. The Labute approximate surface area is 253 Å². The van der Waals surface area contributed by atoms with E-state index in [-0.39, 0.29) is 25.5 Å². The van der Waals surface area contributed by atoms with E-state index < -0.39 is 29.9 Å². The number of fused-ring (bicyclic) bond motifs is 1. The molecule has 1 unspecified atom stereocenters. The van der Waals surface area contributed by atoms with Crippen LogP contribution in [0.15, 0.2) is 103 Å². The van der Waals surface area contributed by atoms with Crippen molar-refractivity contribution in [2.45, 2.75) is 45.8 Å². The minimum atomic E-state index is -0.959. The topological polar surface area (TPSA) is 95.9 Å². The Morgan fingerprint density at radius 2 is 1.40 bits per heavy atom. The largest absolute Gasteiger partial charge is 0.481 e. The van der Waals surface area contributed by atoms with Crippen LogP contribution in [0.1, 0.15) is 37.0 Å². The molecule has 0 fully saturated rings. The minimum Gasteiger partial charge on any atom is -0.481 e. The van der Waals surface area contributed by atoms with E-state index in [0.29, 0.717) is 19.4 Å². The number of carbonyl (C=O) groups excluding carboxylic acids is 2. The van der Waals surface area contributed by atoms with Crippen LogP contribution in [-0.2, 0) is 33.8 Å². The molecule has 4 rings (SSSR count). The van der Waals surface area contributed by atoms with Gasteiger partial charge < -0.3 is 20.1 Å². The number of ether oxygens (including phenoxy) is 1. The maximum Gasteiger partial charge on any atom is 0.329 e. The monoisotopic (exact) mass is 580 g/mol. The number of benzene rings is 4. The smallest absolute Gasteiger partial charge is 0.329 e. The number of aliphatic carboxylic acids is 1. The second-order valence-corrected chi connectivity index (χ2v) is 11.3. The Hall–Kier alpha value is -4.65. The quantitative estimate of drug-likeness (QED) is 0.166. The summed E-state index contributed by atoms with van der Waals surface area (Å²) in [6, 6.07) is 31.6. The van der Waals surface area contributed by atoms with Crippen molar-refractivity contribution in [3.63, 3.8) is 0 Å². The molecular weight excluding hydrogens is 540 g/mol. The molecule has 0 aliphatic heterocycles. The number of esters is 1. The normalized spacial score (nSPS) is 12.4. The predicted molar refractivity (Wildman–Crippen MR) is 169 cm³/mol. The highest BCUT2D eigenvalue weighted by Gasteiger charge is 2.29. The van der Waals surface area contributed by atoms with Crippen molar-refractivity contribution in [1.82, 2.24) is 10.2 Å². The average molecular weight is 581 g/mol. The molecule has 0 radical (unpaired) electrons. The summed E-state index contributed by atoms with van der Waals surface area (Å²) in [5.74, 6) is -2.16. The first kappa shape index (κ1) is 31.3. The molecule has 0 saturated carbocycles. The molecule has 0 aromatic heterocycles. The minimum absolute atomic E-state index is 0.0357. The molecule has 4 aromatic carbocycles. The van der Waals surface area contributed by atoms with Crippen molar-refractivity contribution in [2.75, 3.05) is 13.1 Å². The van der Waals surface area contributed by atoms with E-state index in [9.17, 15) is 19.5 Å². The summed E-state index contributed by atoms with van der Waals surface area (Å²) in [6.45, 7) is 4.41. The lowest BCUT2D eigenvalue weighted by Crippen LogP contribution is -2.51. The molecule has 0 aliphatic rings. The van der Waals surface area contributed by atoms with Gasteiger partial charge in [-0.1, -0.05) is 117 Å². The van der Waals surface area contributed by atoms with E-state index in [1.165, 1.54) is 4.90 Å². The fraction of sp³-hybridized carbons (Fsp3) is 0.306. The third kappa shape index (κ3) is 9.70. The van der Waals surface area contributed by atoms with Gasteiger partial charge in [0.15, 0.2) is 0 Å². The number of aryl methyl sites for hydroxylation is 1. The van der Waals surface area contributed by atoms with Crippen LogP contribution >= 0.6 is 0 Å². The third-order valence-corrected chi connectivity index (χ3v) is 7.35. The first-order valence-corrected chi connectivity index (χ1v) is 14.8. The molecule has 7 nitrogen and oxygen atoms in total. The summed E-state index contributed by atoms with van der Waals surface area (Å²) in [5.41, 5.74) is 2.77. The van der Waals surface area contributed by atoms with Crippen molar-refractivity contribution in [2.24, 2.45) is 11.8 Å². The van der Waals surface area contributed by atoms with Crippen LogP contribution in [0.4, 0.5) is 4.79 Å². The molecule has 43 heavy (non-hydrogen) atoms. The van der Waals surface area contributed by atoms with E-state index in [2.05, 4.69) is 5.32 Å². The molecule has 0 spiro atoms. The summed E-state index contributed by atoms with van der Waals surface area (Å²) in [6.07, 6.45) is 1.21. The highest BCUT2D eigenvalue weighted by atomic mass is 16.5. The lowest BCUT2D eigenvalue weighted by atomic mass is 9.98. The van der Waals surface area contributed by atoms with Crippen molar-refractivity contribution in [3.05, 3.63) is 120 Å². The zero-order chi connectivity index (χ0) is 30.6. The lowest BCUT2D eigenvalue weighted by molar-refractivity contribution is -0.147. The number of rotatable bonds is 14. The van der Waals surface area contributed by atoms with Crippen molar-refractivity contribution < 1.29 is 24.2 Å². The maximum atomic E-state index is 13.7. The van der Waals surface area contributed by atoms with E-state index in [4.69, 9.17) is 4.74 Å². The number of carboxylic acids is 1. The van der Waals surface area contributed by atoms with Crippen LogP contribution in [0.25, 0.3) is 10.8 Å². The zero-order valence-corrected chi connectivity index (χ0v) is 24.8. The van der Waals surface area contributed by atoms with E-state index >= 15 is 0 Å². The first-order valence-electron chi connectivity index (χ1n) is 14.8. The zero-order valence-electron chi connectivity index (χ0n) is 24.8. The van der Waals surface area contributed by atoms with Crippen LogP contribution in [0.3, 0.4) is 0 Å². The van der Waals surface area contributed by atoms with Crippen LogP contribution in [-0.4, -0.2) is 47.1 Å². The van der Waals surface area contributed by atoms with Crippen LogP contribution in [0.5, 0.6) is 0 Å². The first-order chi connectivity index (χ1) is 20.8. The number of amides is 2. The van der Waals surface area contributed by atoms with Crippen molar-refractivity contribution >= 4 is 28.7 Å². The fourth-order valence-corrected chi connectivity index (χ4v) is 5.09. The van der Waals surface area contributed by atoms with Gasteiger partial charge in [-0.15, -0.1) is 0 Å². The summed E-state index contributed by atoms with van der Waals surface area (Å²) in [5, 5.41) is 15.0. The van der Waals surface area contributed by atoms with Crippen LogP contribution < -0.4 is 5.32 Å². The molecule has 4 aromatic rings. The standard InChI is InChI=1S/C36H40N2O5/c1-26(2)23-38(24-32(34(39)40)20-17-27-11-5-3-6-12-27)36(42)37-33(35(41)43-25-28-13-7-4-8-14-28)22-29-18-19-30-15-9-10-16-31(30)21-29/h3-16,18-19,21,26,32-33H,17,20,22-25H2,1-2H3,(H,37,42)(H,39,40)/t32?,33-/m0/s1. The summed E-state index contributed by atoms with van der Waals surface area (Å²) < 4.78 is 5.65. The van der Waals surface area contributed by atoms with Gasteiger partial charge in [0.25, 0.3) is 0 Å². The Balaban J connectivity index is 1.51. The highest BCUT2D eigenvalue weighted by Crippen LogP contribution is 2.18. The molecule has 2 atom stereocenters. The molecule has 0 saturated heterocycles. The van der Waals surface area contributed by atoms with Gasteiger partial charge in [0.05, 0.1) is 5.92 Å². The van der Waals surface area contributed by atoms with Gasteiger partial charge >= 0.3 is 18.0 Å². The maximum absolute atomic E-state index is 13.7. The molecule has 0 aliphatic carbocycles. The van der Waals surface area contributed by atoms with Gasteiger partial charge in [-0.2, -0.15) is 0 Å². The van der Waals surface area contributed by atoms with Gasteiger partial charge in [-0.3, -0.25) is 4.79 Å². The number of hydrogen-bond acceptors (Lipinski definition) is 4. The van der Waals surface area contributed by atoms with E-state index in [1.807, 2.05) is 117 Å². The van der Waals surface area contributed by atoms with Gasteiger partial charge in [0.2, 0.25) is 0 Å². The number of hydrogen-bond donors (Lipinski definition) is 2. The van der Waals surface area contributed by atoms with Crippen molar-refractivity contribution in [1.29, 1.82) is 0 Å². The number of urea groups is 1. The molecule has 224 valence electrons. The Morgan fingerprint density at radius 1 is 0.767 bits per heavy atom. The second-order valence-electron chi connectivity index (χ2n) is 11.3. The van der Waals surface area contributed by atoms with Gasteiger partial charge in [0, 0.05) is 19.5 Å². The Kier molecular flexibility index (Phi) is 11.3. The van der Waals surface area contributed by atoms with E-state index in [1.54, 1.807) is 0 Å². The number of nitrogens with one attached hydrogen (secondary N) is 1. The number of carbonyl (C=O) groups is 3. The summed E-state index contributed by atoms with van der Waals surface area (Å²) in [7, 11) is 0. The van der Waals surface area contributed by atoms with Gasteiger partial charge in [-0.05, 0) is 46.2 Å². The van der Waals surface area contributed by atoms with Gasteiger partial charge in [0.1, 0.15) is 12.6 Å².